The molecule has 4 heteroatoms. The maximum atomic E-state index is 5.26. The van der Waals surface area contributed by atoms with Crippen LogP contribution in [0.5, 0.6) is 0 Å². The molecule has 0 aliphatic carbocycles. The standard InChI is InChI=1S/C16H25BrN2O/c1-12(2)18-9-14-4-5-15(8-16(14)17)19-7-6-13(10-19)11-20-3/h4-5,8,12-13,18H,6-7,9-11H2,1-3H3. The van der Waals surface area contributed by atoms with E-state index in [9.17, 15) is 0 Å². The molecule has 20 heavy (non-hydrogen) atoms. The van der Waals surface area contributed by atoms with Crippen molar-refractivity contribution in [1.82, 2.24) is 5.32 Å². The van der Waals surface area contributed by atoms with Crippen molar-refractivity contribution >= 4 is 21.6 Å². The first kappa shape index (κ1) is 15.8. The second-order valence-electron chi connectivity index (χ2n) is 5.87. The zero-order valence-corrected chi connectivity index (χ0v) is 14.2. The van der Waals surface area contributed by atoms with E-state index in [2.05, 4.69) is 58.2 Å². The number of anilines is 1. The second-order valence-corrected chi connectivity index (χ2v) is 6.72. The van der Waals surface area contributed by atoms with Gasteiger partial charge >= 0.3 is 0 Å². The molecule has 0 saturated carbocycles. The molecule has 2 rings (SSSR count). The van der Waals surface area contributed by atoms with E-state index in [-0.39, 0.29) is 0 Å². The highest BCUT2D eigenvalue weighted by molar-refractivity contribution is 9.10. The van der Waals surface area contributed by atoms with E-state index in [1.54, 1.807) is 7.11 Å². The van der Waals surface area contributed by atoms with Gasteiger partial charge in [0.05, 0.1) is 6.61 Å². The lowest BCUT2D eigenvalue weighted by Gasteiger charge is -2.20. The molecule has 1 N–H and O–H groups in total. The van der Waals surface area contributed by atoms with Gasteiger partial charge in [0.15, 0.2) is 0 Å². The van der Waals surface area contributed by atoms with Crippen molar-refractivity contribution in [3.8, 4) is 0 Å². The average molecular weight is 341 g/mol. The number of hydrogen-bond donors (Lipinski definition) is 1. The zero-order chi connectivity index (χ0) is 14.5. The van der Waals surface area contributed by atoms with Gasteiger partial charge in [0.25, 0.3) is 0 Å². The van der Waals surface area contributed by atoms with Gasteiger partial charge in [0, 0.05) is 48.9 Å². The van der Waals surface area contributed by atoms with Gasteiger partial charge in [-0.2, -0.15) is 0 Å². The molecule has 1 heterocycles. The summed E-state index contributed by atoms with van der Waals surface area (Å²) in [5.74, 6) is 0.668. The fraction of sp³-hybridized carbons (Fsp3) is 0.625. The Labute approximate surface area is 130 Å². The van der Waals surface area contributed by atoms with Gasteiger partial charge in [0.2, 0.25) is 0 Å². The van der Waals surface area contributed by atoms with Crippen molar-refractivity contribution in [2.45, 2.75) is 32.9 Å². The molecule has 1 aromatic rings. The van der Waals surface area contributed by atoms with Crippen LogP contribution in [0.2, 0.25) is 0 Å². The molecule has 1 fully saturated rings. The summed E-state index contributed by atoms with van der Waals surface area (Å²) < 4.78 is 6.46. The molecule has 0 spiro atoms. The van der Waals surface area contributed by atoms with Gasteiger partial charge in [-0.05, 0) is 24.1 Å². The molecule has 0 aromatic heterocycles. The van der Waals surface area contributed by atoms with Crippen LogP contribution < -0.4 is 10.2 Å². The summed E-state index contributed by atoms with van der Waals surface area (Å²) in [6.45, 7) is 8.34. The Bertz CT molecular complexity index is 436. The van der Waals surface area contributed by atoms with Crippen LogP contribution in [0.15, 0.2) is 22.7 Å². The molecule has 0 bridgehead atoms. The molecule has 1 atom stereocenters. The quantitative estimate of drug-likeness (QED) is 0.858. The number of methoxy groups -OCH3 is 1. The summed E-state index contributed by atoms with van der Waals surface area (Å²) in [6.07, 6.45) is 1.22. The zero-order valence-electron chi connectivity index (χ0n) is 12.7. The van der Waals surface area contributed by atoms with E-state index in [0.717, 1.165) is 26.2 Å². The monoisotopic (exact) mass is 340 g/mol. The van der Waals surface area contributed by atoms with E-state index in [1.807, 2.05) is 0 Å². The molecule has 0 amide bonds. The van der Waals surface area contributed by atoms with E-state index in [0.29, 0.717) is 12.0 Å². The topological polar surface area (TPSA) is 24.5 Å². The lowest BCUT2D eigenvalue weighted by molar-refractivity contribution is 0.161. The molecule has 112 valence electrons. The van der Waals surface area contributed by atoms with Gasteiger partial charge in [-0.25, -0.2) is 0 Å². The molecule has 1 saturated heterocycles. The molecular formula is C16H25BrN2O. The van der Waals surface area contributed by atoms with Crippen molar-refractivity contribution in [2.24, 2.45) is 5.92 Å². The van der Waals surface area contributed by atoms with Crippen LogP contribution in [0.25, 0.3) is 0 Å². The van der Waals surface area contributed by atoms with Crippen LogP contribution in [-0.2, 0) is 11.3 Å². The SMILES string of the molecule is COCC1CCN(c2ccc(CNC(C)C)c(Br)c2)C1. The van der Waals surface area contributed by atoms with Crippen LogP contribution in [-0.4, -0.2) is 32.8 Å². The van der Waals surface area contributed by atoms with Crippen molar-refractivity contribution in [2.75, 3.05) is 31.7 Å². The predicted molar refractivity (Wildman–Crippen MR) is 88.3 cm³/mol. The molecule has 0 radical (unpaired) electrons. The first-order chi connectivity index (χ1) is 9.60. The Morgan fingerprint density at radius 1 is 1.45 bits per heavy atom. The van der Waals surface area contributed by atoms with Gasteiger partial charge < -0.3 is 15.0 Å². The van der Waals surface area contributed by atoms with Crippen molar-refractivity contribution in [3.05, 3.63) is 28.2 Å². The van der Waals surface area contributed by atoms with Crippen LogP contribution in [0, 0.1) is 5.92 Å². The van der Waals surface area contributed by atoms with E-state index in [4.69, 9.17) is 4.74 Å². The summed E-state index contributed by atoms with van der Waals surface area (Å²) in [5, 5.41) is 3.46. The Kier molecular flexibility index (Phi) is 5.87. The number of benzene rings is 1. The van der Waals surface area contributed by atoms with E-state index >= 15 is 0 Å². The number of halogens is 1. The molecule has 1 aromatic carbocycles. The van der Waals surface area contributed by atoms with Gasteiger partial charge in [0.1, 0.15) is 0 Å². The third-order valence-corrected chi connectivity index (χ3v) is 4.53. The minimum absolute atomic E-state index is 0.509. The third kappa shape index (κ3) is 4.21. The largest absolute Gasteiger partial charge is 0.384 e. The fourth-order valence-electron chi connectivity index (χ4n) is 2.63. The lowest BCUT2D eigenvalue weighted by atomic mass is 10.1. The summed E-state index contributed by atoms with van der Waals surface area (Å²) in [6, 6.07) is 7.21. The minimum atomic E-state index is 0.509. The molecule has 1 unspecified atom stereocenters. The van der Waals surface area contributed by atoms with Crippen LogP contribution in [0.3, 0.4) is 0 Å². The molecule has 1 aliphatic rings. The van der Waals surface area contributed by atoms with E-state index in [1.165, 1.54) is 22.1 Å². The van der Waals surface area contributed by atoms with Gasteiger partial charge in [-0.3, -0.25) is 0 Å². The summed E-state index contributed by atoms with van der Waals surface area (Å²) in [5.41, 5.74) is 2.62. The number of nitrogens with one attached hydrogen (secondary N) is 1. The fourth-order valence-corrected chi connectivity index (χ4v) is 3.14. The summed E-state index contributed by atoms with van der Waals surface area (Å²) in [4.78, 5) is 2.45. The van der Waals surface area contributed by atoms with Crippen LogP contribution in [0.4, 0.5) is 5.69 Å². The third-order valence-electron chi connectivity index (χ3n) is 3.79. The Hall–Kier alpha value is -0.580. The maximum Gasteiger partial charge on any atom is 0.0508 e. The number of rotatable bonds is 6. The molecular weight excluding hydrogens is 316 g/mol. The van der Waals surface area contributed by atoms with Crippen LogP contribution in [0.1, 0.15) is 25.8 Å². The highest BCUT2D eigenvalue weighted by Gasteiger charge is 2.22. The number of nitrogens with zero attached hydrogens (tertiary/aromatic N) is 1. The highest BCUT2D eigenvalue weighted by atomic mass is 79.9. The second kappa shape index (κ2) is 7.43. The van der Waals surface area contributed by atoms with Gasteiger partial charge in [-0.1, -0.05) is 35.8 Å². The number of hydrogen-bond acceptors (Lipinski definition) is 3. The average Bonchev–Trinajstić information content (AvgIpc) is 2.86. The highest BCUT2D eigenvalue weighted by Crippen LogP contribution is 2.28. The predicted octanol–water partition coefficient (Wildman–Crippen LogP) is 3.42. The summed E-state index contributed by atoms with van der Waals surface area (Å²) >= 11 is 3.70. The van der Waals surface area contributed by atoms with Crippen molar-refractivity contribution < 1.29 is 4.74 Å². The van der Waals surface area contributed by atoms with Crippen molar-refractivity contribution in [3.63, 3.8) is 0 Å². The molecule has 3 nitrogen and oxygen atoms in total. The minimum Gasteiger partial charge on any atom is -0.384 e. The molecule has 1 aliphatic heterocycles. The Morgan fingerprint density at radius 3 is 2.90 bits per heavy atom. The first-order valence-electron chi connectivity index (χ1n) is 7.36. The smallest absolute Gasteiger partial charge is 0.0508 e. The first-order valence-corrected chi connectivity index (χ1v) is 8.15. The van der Waals surface area contributed by atoms with E-state index < -0.39 is 0 Å². The van der Waals surface area contributed by atoms with Crippen LogP contribution >= 0.6 is 15.9 Å². The normalized spacial score (nSPS) is 19.1. The number of ether oxygens (including phenoxy) is 1. The van der Waals surface area contributed by atoms with Crippen molar-refractivity contribution in [1.29, 1.82) is 0 Å². The van der Waals surface area contributed by atoms with Gasteiger partial charge in [-0.15, -0.1) is 0 Å². The Morgan fingerprint density at radius 2 is 2.25 bits per heavy atom. The maximum absolute atomic E-state index is 5.26. The summed E-state index contributed by atoms with van der Waals surface area (Å²) in [7, 11) is 1.79. The Balaban J connectivity index is 1.98. The lowest BCUT2D eigenvalue weighted by Crippen LogP contribution is -2.23.